The average molecular weight is 351 g/mol. The summed E-state index contributed by atoms with van der Waals surface area (Å²) in [6, 6.07) is 16.5. The zero-order valence-electron chi connectivity index (χ0n) is 15.1. The number of carbonyl (C=O) groups is 1. The monoisotopic (exact) mass is 351 g/mol. The summed E-state index contributed by atoms with van der Waals surface area (Å²) >= 11 is 0. The third kappa shape index (κ3) is 4.29. The molecule has 3 aromatic rings. The highest BCUT2D eigenvalue weighted by Gasteiger charge is 2.12. The number of amides is 1. The minimum Gasteiger partial charge on any atom is -0.396 e. The number of aromatic nitrogens is 2. The van der Waals surface area contributed by atoms with Gasteiger partial charge in [-0.15, -0.1) is 0 Å². The Morgan fingerprint density at radius 1 is 1.15 bits per heavy atom. The van der Waals surface area contributed by atoms with E-state index in [0.29, 0.717) is 25.8 Å². The lowest BCUT2D eigenvalue weighted by Gasteiger charge is -2.12. The fourth-order valence-corrected chi connectivity index (χ4v) is 3.09. The Morgan fingerprint density at radius 3 is 2.73 bits per heavy atom. The first-order valence-electron chi connectivity index (χ1n) is 9.05. The first kappa shape index (κ1) is 18.1. The summed E-state index contributed by atoms with van der Waals surface area (Å²) in [5.74, 6) is 0.942. The van der Waals surface area contributed by atoms with Crippen molar-refractivity contribution >= 4 is 16.9 Å². The molecule has 0 unspecified atom stereocenters. The van der Waals surface area contributed by atoms with Crippen LogP contribution in [0.5, 0.6) is 0 Å². The molecule has 0 fully saturated rings. The number of aliphatic hydroxyl groups excluding tert-OH is 1. The normalized spacial score (nSPS) is 11.0. The molecule has 0 saturated heterocycles. The fourth-order valence-electron chi connectivity index (χ4n) is 3.09. The van der Waals surface area contributed by atoms with Gasteiger partial charge < -0.3 is 15.0 Å². The van der Waals surface area contributed by atoms with Crippen molar-refractivity contribution in [1.29, 1.82) is 0 Å². The second kappa shape index (κ2) is 8.63. The summed E-state index contributed by atoms with van der Waals surface area (Å²) in [4.78, 5) is 16.5. The molecule has 2 aromatic carbocycles. The number of hydrogen-bond donors (Lipinski definition) is 2. The highest BCUT2D eigenvalue weighted by atomic mass is 16.3. The van der Waals surface area contributed by atoms with Crippen LogP contribution in [0.1, 0.15) is 29.8 Å². The van der Waals surface area contributed by atoms with E-state index in [2.05, 4.69) is 41.1 Å². The summed E-state index contributed by atoms with van der Waals surface area (Å²) in [5.41, 5.74) is 4.61. The van der Waals surface area contributed by atoms with E-state index in [9.17, 15) is 4.79 Å². The Hall–Kier alpha value is -2.66. The average Bonchev–Trinajstić information content (AvgIpc) is 2.99. The van der Waals surface area contributed by atoms with E-state index in [1.54, 1.807) is 0 Å². The smallest absolute Gasteiger partial charge is 0.220 e. The quantitative estimate of drug-likeness (QED) is 0.656. The van der Waals surface area contributed by atoms with Gasteiger partial charge in [-0.2, -0.15) is 0 Å². The molecule has 1 heterocycles. The molecule has 0 saturated carbocycles. The Balaban J connectivity index is 1.79. The number of hydrogen-bond acceptors (Lipinski definition) is 3. The lowest BCUT2D eigenvalue weighted by Crippen LogP contribution is -2.26. The van der Waals surface area contributed by atoms with Crippen molar-refractivity contribution in [1.82, 2.24) is 14.9 Å². The number of rotatable bonds is 8. The third-order valence-electron chi connectivity index (χ3n) is 4.56. The number of benzene rings is 2. The molecule has 0 radical (unpaired) electrons. The van der Waals surface area contributed by atoms with Crippen LogP contribution in [-0.2, 0) is 17.8 Å². The van der Waals surface area contributed by atoms with Gasteiger partial charge in [0.1, 0.15) is 5.82 Å². The molecule has 0 spiro atoms. The number of fused-ring (bicyclic) bond motifs is 1. The molecule has 0 aliphatic heterocycles. The fraction of sp³-hybridized carbons (Fsp3) is 0.333. The minimum absolute atomic E-state index is 0.0272. The summed E-state index contributed by atoms with van der Waals surface area (Å²) in [7, 11) is 0. The Kier molecular flexibility index (Phi) is 6.02. The van der Waals surface area contributed by atoms with Crippen LogP contribution in [0.2, 0.25) is 0 Å². The van der Waals surface area contributed by atoms with Gasteiger partial charge in [-0.1, -0.05) is 36.4 Å². The van der Waals surface area contributed by atoms with Gasteiger partial charge >= 0.3 is 0 Å². The van der Waals surface area contributed by atoms with Crippen LogP contribution in [0.25, 0.3) is 11.0 Å². The first-order chi connectivity index (χ1) is 12.7. The molecule has 136 valence electrons. The van der Waals surface area contributed by atoms with Gasteiger partial charge in [0.05, 0.1) is 11.0 Å². The number of imidazole rings is 1. The number of aliphatic hydroxyl groups is 1. The number of nitrogens with one attached hydrogen (secondary N) is 1. The molecule has 0 aliphatic rings. The van der Waals surface area contributed by atoms with Gasteiger partial charge in [0, 0.05) is 32.5 Å². The maximum absolute atomic E-state index is 11.7. The van der Waals surface area contributed by atoms with Crippen LogP contribution in [0, 0.1) is 6.92 Å². The van der Waals surface area contributed by atoms with Crippen molar-refractivity contribution in [3.05, 3.63) is 65.5 Å². The van der Waals surface area contributed by atoms with E-state index in [0.717, 1.165) is 23.4 Å². The van der Waals surface area contributed by atoms with Gasteiger partial charge in [-0.25, -0.2) is 4.98 Å². The van der Waals surface area contributed by atoms with Crippen molar-refractivity contribution in [3.63, 3.8) is 0 Å². The van der Waals surface area contributed by atoms with Crippen LogP contribution < -0.4 is 5.32 Å². The van der Waals surface area contributed by atoms with Crippen LogP contribution >= 0.6 is 0 Å². The van der Waals surface area contributed by atoms with E-state index in [1.807, 2.05) is 24.3 Å². The van der Waals surface area contributed by atoms with Gasteiger partial charge in [0.15, 0.2) is 0 Å². The van der Waals surface area contributed by atoms with E-state index in [4.69, 9.17) is 10.1 Å². The second-order valence-corrected chi connectivity index (χ2v) is 6.46. The summed E-state index contributed by atoms with van der Waals surface area (Å²) in [6.07, 6.45) is 1.53. The standard InChI is InChI=1S/C21H25N3O2/c1-16-7-2-3-8-17(16)15-24-19-10-5-4-9-18(19)23-20(24)12-13-22-21(26)11-6-14-25/h2-5,7-10,25H,6,11-15H2,1H3,(H,22,26). The van der Waals surface area contributed by atoms with Crippen molar-refractivity contribution < 1.29 is 9.90 Å². The van der Waals surface area contributed by atoms with E-state index in [-0.39, 0.29) is 12.5 Å². The van der Waals surface area contributed by atoms with Crippen molar-refractivity contribution in [2.75, 3.05) is 13.2 Å². The lowest BCUT2D eigenvalue weighted by molar-refractivity contribution is -0.121. The molecule has 3 rings (SSSR count). The first-order valence-corrected chi connectivity index (χ1v) is 9.05. The molecule has 0 atom stereocenters. The molecular formula is C21H25N3O2. The molecular weight excluding hydrogens is 326 g/mol. The van der Waals surface area contributed by atoms with Crippen LogP contribution in [-0.4, -0.2) is 33.7 Å². The number of aryl methyl sites for hydroxylation is 1. The molecule has 0 aliphatic carbocycles. The molecule has 2 N–H and O–H groups in total. The zero-order chi connectivity index (χ0) is 18.4. The molecule has 1 amide bonds. The second-order valence-electron chi connectivity index (χ2n) is 6.46. The van der Waals surface area contributed by atoms with Crippen molar-refractivity contribution in [2.45, 2.75) is 32.7 Å². The minimum atomic E-state index is -0.0272. The van der Waals surface area contributed by atoms with Gasteiger partial charge in [0.25, 0.3) is 0 Å². The van der Waals surface area contributed by atoms with Crippen LogP contribution in [0.4, 0.5) is 0 Å². The number of nitrogens with zero attached hydrogens (tertiary/aromatic N) is 2. The van der Waals surface area contributed by atoms with Crippen LogP contribution in [0.15, 0.2) is 48.5 Å². The lowest BCUT2D eigenvalue weighted by atomic mass is 10.1. The molecule has 5 heteroatoms. The summed E-state index contributed by atoms with van der Waals surface area (Å²) in [5, 5.41) is 11.7. The highest BCUT2D eigenvalue weighted by Crippen LogP contribution is 2.19. The Labute approximate surface area is 153 Å². The van der Waals surface area contributed by atoms with Gasteiger partial charge in [0.2, 0.25) is 5.91 Å². The van der Waals surface area contributed by atoms with Gasteiger partial charge in [-0.3, -0.25) is 4.79 Å². The zero-order valence-corrected chi connectivity index (χ0v) is 15.1. The largest absolute Gasteiger partial charge is 0.396 e. The molecule has 1 aromatic heterocycles. The summed E-state index contributed by atoms with van der Waals surface area (Å²) in [6.45, 7) is 3.47. The predicted octanol–water partition coefficient (Wildman–Crippen LogP) is 2.82. The van der Waals surface area contributed by atoms with Crippen molar-refractivity contribution in [2.24, 2.45) is 0 Å². The third-order valence-corrected chi connectivity index (χ3v) is 4.56. The predicted molar refractivity (Wildman–Crippen MR) is 103 cm³/mol. The van der Waals surface area contributed by atoms with E-state index >= 15 is 0 Å². The van der Waals surface area contributed by atoms with E-state index < -0.39 is 0 Å². The molecule has 0 bridgehead atoms. The van der Waals surface area contributed by atoms with Gasteiger partial charge in [-0.05, 0) is 36.6 Å². The Bertz CT molecular complexity index is 886. The van der Waals surface area contributed by atoms with Crippen molar-refractivity contribution in [3.8, 4) is 0 Å². The highest BCUT2D eigenvalue weighted by molar-refractivity contribution is 5.76. The number of carbonyl (C=O) groups excluding carboxylic acids is 1. The molecule has 5 nitrogen and oxygen atoms in total. The number of para-hydroxylation sites is 2. The molecule has 26 heavy (non-hydrogen) atoms. The topological polar surface area (TPSA) is 67.2 Å². The summed E-state index contributed by atoms with van der Waals surface area (Å²) < 4.78 is 2.23. The van der Waals surface area contributed by atoms with Crippen LogP contribution in [0.3, 0.4) is 0 Å². The maximum Gasteiger partial charge on any atom is 0.220 e. The maximum atomic E-state index is 11.7. The Morgan fingerprint density at radius 2 is 1.92 bits per heavy atom. The SMILES string of the molecule is Cc1ccccc1Cn1c(CCNC(=O)CCCO)nc2ccccc21. The van der Waals surface area contributed by atoms with E-state index in [1.165, 1.54) is 11.1 Å².